The normalized spacial score (nSPS) is 14.7. The Bertz CT molecular complexity index is 5400. The lowest BCUT2D eigenvalue weighted by Crippen LogP contribution is -2.04. The quantitative estimate of drug-likeness (QED) is 0.106. The lowest BCUT2D eigenvalue weighted by Gasteiger charge is -2.34. The maximum atomic E-state index is 2.58. The molecule has 286 valence electrons. The SMILES string of the molecule is c1cc2cc3cc4cc5cccc6c7ccc8c9cccc%10cc%11cc%12cc%13cccc%14c%15ccc%16c(c1)c2c1c3c2c4c(c56)c3c7c8c4c(c%109)c%11c5c%12c(c%13%14)c6c%15c%16c1c1c2c3c4c5c61. The van der Waals surface area contributed by atoms with Crippen LogP contribution in [0.4, 0.5) is 0 Å². The van der Waals surface area contributed by atoms with E-state index in [1.165, 1.54) is 237 Å². The fourth-order valence-electron chi connectivity index (χ4n) is 17.3. The predicted octanol–water partition coefficient (Wildman–Crippen LogP) is 19.2. The molecule has 0 aliphatic rings. The first kappa shape index (κ1) is 29.0. The van der Waals surface area contributed by atoms with Crippen molar-refractivity contribution in [3.63, 3.8) is 0 Å². The van der Waals surface area contributed by atoms with Crippen molar-refractivity contribution in [2.45, 2.75) is 0 Å². The molecule has 0 aliphatic carbocycles. The Balaban J connectivity index is 1.27. The van der Waals surface area contributed by atoms with Gasteiger partial charge in [-0.3, -0.25) is 0 Å². The molecule has 0 amide bonds. The molecule has 0 atom stereocenters. The summed E-state index contributed by atoms with van der Waals surface area (Å²) in [6, 6.07) is 53.9. The summed E-state index contributed by atoms with van der Waals surface area (Å²) in [7, 11) is 0. The van der Waals surface area contributed by atoms with Crippen molar-refractivity contribution >= 4 is 237 Å². The first-order chi connectivity index (χ1) is 32.8. The molecular weight excluding hydrogens is 793 g/mol. The van der Waals surface area contributed by atoms with E-state index < -0.39 is 0 Å². The summed E-state index contributed by atoms with van der Waals surface area (Å²) in [6.07, 6.45) is 0. The number of benzene rings is 23. The molecule has 0 spiro atoms. The largest absolute Gasteiger partial charge is 0.0610 e. The van der Waals surface area contributed by atoms with E-state index in [0.717, 1.165) is 0 Å². The van der Waals surface area contributed by atoms with Crippen LogP contribution in [0.5, 0.6) is 0 Å². The third-order valence-corrected chi connectivity index (χ3v) is 19.0. The van der Waals surface area contributed by atoms with Gasteiger partial charge in [-0.25, -0.2) is 0 Å². The van der Waals surface area contributed by atoms with E-state index in [4.69, 9.17) is 0 Å². The molecule has 0 heterocycles. The zero-order chi connectivity index (χ0) is 41.0. The highest BCUT2D eigenvalue weighted by atomic mass is 14.4. The van der Waals surface area contributed by atoms with E-state index in [2.05, 4.69) is 133 Å². The van der Waals surface area contributed by atoms with Crippen LogP contribution in [-0.2, 0) is 0 Å². The molecule has 0 unspecified atom stereocenters. The van der Waals surface area contributed by atoms with Crippen molar-refractivity contribution in [2.75, 3.05) is 0 Å². The van der Waals surface area contributed by atoms with Crippen LogP contribution in [0.15, 0.2) is 133 Å². The third-order valence-electron chi connectivity index (χ3n) is 19.0. The fraction of sp³-hybridized carbons (Fsp3) is 0. The van der Waals surface area contributed by atoms with Gasteiger partial charge in [-0.05, 0) is 273 Å². The summed E-state index contributed by atoms with van der Waals surface area (Å²) in [5, 5.41) is 63.4. The smallest absolute Gasteiger partial charge is 0.000000407 e. The molecule has 66 heavy (non-hydrogen) atoms. The Morgan fingerprint density at radius 2 is 0.303 bits per heavy atom. The van der Waals surface area contributed by atoms with E-state index in [1.54, 1.807) is 0 Å². The van der Waals surface area contributed by atoms with Gasteiger partial charge in [0.15, 0.2) is 0 Å². The standard InChI is InChI=1S/C66H22/c1-5-23-17-27-21-28-18-24-6-3-11-33-37-15-16-38-34-12-4-8-26-20-30-22-29-19-25-7-2-10-32-36-14-13-35-31(9-1)39(23)51-43(27)55-44(28)53(41(24)33)59-49(37)50(38)60-54(42(26)34)46(30)56-45(29)52(40(25)32)58-48(36)47(35)57(51)63-61(55)65(59)66(60)62(56)64(58)63/h1-22H. The van der Waals surface area contributed by atoms with Crippen molar-refractivity contribution in [3.05, 3.63) is 133 Å². The molecule has 23 rings (SSSR count). The van der Waals surface area contributed by atoms with Crippen LogP contribution in [-0.4, -0.2) is 0 Å². The molecule has 0 radical (unpaired) electrons. The minimum Gasteiger partial charge on any atom is -0.0610 e. The summed E-state index contributed by atoms with van der Waals surface area (Å²) in [5.41, 5.74) is 0. The van der Waals surface area contributed by atoms with Gasteiger partial charge in [-0.1, -0.05) is 97.1 Å². The summed E-state index contributed by atoms with van der Waals surface area (Å²) >= 11 is 0. The molecule has 0 saturated heterocycles. The summed E-state index contributed by atoms with van der Waals surface area (Å²) in [6.45, 7) is 0. The predicted molar refractivity (Wildman–Crippen MR) is 288 cm³/mol. The van der Waals surface area contributed by atoms with Gasteiger partial charge >= 0.3 is 0 Å². The number of rotatable bonds is 0. The zero-order valence-electron chi connectivity index (χ0n) is 34.7. The van der Waals surface area contributed by atoms with Crippen molar-refractivity contribution < 1.29 is 0 Å². The lowest BCUT2D eigenvalue weighted by atomic mass is 9.68. The van der Waals surface area contributed by atoms with Crippen molar-refractivity contribution in [1.29, 1.82) is 0 Å². The van der Waals surface area contributed by atoms with Crippen LogP contribution in [0.25, 0.3) is 237 Å². The average Bonchev–Trinajstić information content (AvgIpc) is 3.35. The highest BCUT2D eigenvalue weighted by Gasteiger charge is 2.38. The molecule has 23 aromatic rings. The van der Waals surface area contributed by atoms with Gasteiger partial charge in [-0.2, -0.15) is 0 Å². The second-order valence-corrected chi connectivity index (χ2v) is 21.1. The molecule has 0 bridgehead atoms. The van der Waals surface area contributed by atoms with Crippen molar-refractivity contribution in [2.24, 2.45) is 0 Å². The number of hydrogen-bond donors (Lipinski definition) is 0. The van der Waals surface area contributed by atoms with Gasteiger partial charge in [0, 0.05) is 0 Å². The van der Waals surface area contributed by atoms with Gasteiger partial charge < -0.3 is 0 Å². The molecule has 0 fully saturated rings. The Labute approximate surface area is 368 Å². The molecule has 23 aromatic carbocycles. The van der Waals surface area contributed by atoms with Gasteiger partial charge in [0.2, 0.25) is 0 Å². The third kappa shape index (κ3) is 2.33. The Hall–Kier alpha value is -8.58. The summed E-state index contributed by atoms with van der Waals surface area (Å²) in [5.74, 6) is 0. The molecule has 0 aliphatic heterocycles. The van der Waals surface area contributed by atoms with Crippen molar-refractivity contribution in [3.8, 4) is 0 Å². The second kappa shape index (κ2) is 8.19. The average molecular weight is 815 g/mol. The molecule has 0 N–H and O–H groups in total. The number of hydrogen-bond acceptors (Lipinski definition) is 0. The Morgan fingerprint density at radius 3 is 0.561 bits per heavy atom. The van der Waals surface area contributed by atoms with Crippen LogP contribution >= 0.6 is 0 Å². The highest BCUT2D eigenvalue weighted by Crippen LogP contribution is 2.67. The first-order valence-corrected chi connectivity index (χ1v) is 23.8. The van der Waals surface area contributed by atoms with Gasteiger partial charge in [-0.15, -0.1) is 0 Å². The van der Waals surface area contributed by atoms with Crippen LogP contribution < -0.4 is 0 Å². The zero-order valence-corrected chi connectivity index (χ0v) is 34.7. The van der Waals surface area contributed by atoms with Crippen LogP contribution in [0.2, 0.25) is 0 Å². The molecule has 0 aromatic heterocycles. The highest BCUT2D eigenvalue weighted by molar-refractivity contribution is 6.69. The van der Waals surface area contributed by atoms with Gasteiger partial charge in [0.25, 0.3) is 0 Å². The van der Waals surface area contributed by atoms with Gasteiger partial charge in [0.1, 0.15) is 0 Å². The van der Waals surface area contributed by atoms with E-state index in [0.29, 0.717) is 0 Å². The van der Waals surface area contributed by atoms with E-state index >= 15 is 0 Å². The lowest BCUT2D eigenvalue weighted by molar-refractivity contribution is 1.82. The second-order valence-electron chi connectivity index (χ2n) is 21.1. The van der Waals surface area contributed by atoms with Crippen LogP contribution in [0.1, 0.15) is 0 Å². The molecule has 0 heteroatoms. The number of fused-ring (bicyclic) bond motifs is 4. The molecule has 0 nitrogen and oxygen atoms in total. The van der Waals surface area contributed by atoms with Gasteiger partial charge in [0.05, 0.1) is 0 Å². The van der Waals surface area contributed by atoms with E-state index in [9.17, 15) is 0 Å². The van der Waals surface area contributed by atoms with Crippen LogP contribution in [0.3, 0.4) is 0 Å². The maximum Gasteiger partial charge on any atom is -0.000000407 e. The first-order valence-electron chi connectivity index (χ1n) is 23.8. The summed E-state index contributed by atoms with van der Waals surface area (Å²) in [4.78, 5) is 0. The maximum absolute atomic E-state index is 2.58. The Morgan fingerprint density at radius 1 is 0.121 bits per heavy atom. The topological polar surface area (TPSA) is 0 Å². The van der Waals surface area contributed by atoms with Crippen LogP contribution in [0, 0.1) is 0 Å². The minimum atomic E-state index is 1.35. The van der Waals surface area contributed by atoms with E-state index in [1.807, 2.05) is 0 Å². The molecule has 0 saturated carbocycles. The monoisotopic (exact) mass is 814 g/mol. The minimum absolute atomic E-state index is 1.35. The molecular formula is C66H22. The fourth-order valence-corrected chi connectivity index (χ4v) is 17.3. The summed E-state index contributed by atoms with van der Waals surface area (Å²) < 4.78 is 0. The van der Waals surface area contributed by atoms with Crippen molar-refractivity contribution in [1.82, 2.24) is 0 Å². The van der Waals surface area contributed by atoms with E-state index in [-0.39, 0.29) is 0 Å². The Kier molecular flexibility index (Phi) is 3.60.